The summed E-state index contributed by atoms with van der Waals surface area (Å²) in [5, 5.41) is 3.17. The molecular formula is C42H48N8O3. The van der Waals surface area contributed by atoms with Crippen LogP contribution in [0.1, 0.15) is 78.2 Å². The number of nitrogens with zero attached hydrogens (tertiary/aromatic N) is 6. The van der Waals surface area contributed by atoms with Gasteiger partial charge in [-0.3, -0.25) is 9.36 Å². The lowest BCUT2D eigenvalue weighted by Gasteiger charge is -2.43. The number of aromatic nitrogens is 4. The fourth-order valence-corrected chi connectivity index (χ4v) is 8.31. The number of alkyl carbamates (subject to hydrolysis) is 1. The van der Waals surface area contributed by atoms with Crippen molar-refractivity contribution in [1.29, 1.82) is 0 Å². The van der Waals surface area contributed by atoms with Gasteiger partial charge >= 0.3 is 6.09 Å². The maximum atomic E-state index is 12.8. The van der Waals surface area contributed by atoms with Crippen molar-refractivity contribution >= 4 is 34.7 Å². The summed E-state index contributed by atoms with van der Waals surface area (Å²) in [6, 6.07) is 25.3. The fraction of sp³-hybridized carbons (Fsp3) is 0.405. The highest BCUT2D eigenvalue weighted by Crippen LogP contribution is 2.42. The molecule has 274 valence electrons. The van der Waals surface area contributed by atoms with Crippen LogP contribution in [0.25, 0.3) is 39.5 Å². The van der Waals surface area contributed by atoms with Crippen LogP contribution in [0.5, 0.6) is 0 Å². The molecule has 53 heavy (non-hydrogen) atoms. The molecule has 11 heteroatoms. The Hall–Kier alpha value is -5.45. The average molecular weight is 713 g/mol. The van der Waals surface area contributed by atoms with E-state index in [0.29, 0.717) is 47.3 Å². The van der Waals surface area contributed by atoms with E-state index in [9.17, 15) is 9.59 Å². The second-order valence-electron chi connectivity index (χ2n) is 15.8. The number of piperidine rings is 1. The molecule has 3 aliphatic rings. The number of ether oxygens (including phenoxy) is 1. The molecule has 5 aromatic rings. The largest absolute Gasteiger partial charge is 0.444 e. The van der Waals surface area contributed by atoms with Crippen molar-refractivity contribution in [1.82, 2.24) is 29.7 Å². The van der Waals surface area contributed by atoms with Crippen molar-refractivity contribution in [2.75, 3.05) is 23.7 Å². The normalized spacial score (nSPS) is 20.0. The van der Waals surface area contributed by atoms with Crippen LogP contribution < -0.4 is 16.0 Å². The van der Waals surface area contributed by atoms with Gasteiger partial charge in [0.15, 0.2) is 11.5 Å². The van der Waals surface area contributed by atoms with Crippen LogP contribution in [0, 0.1) is 0 Å². The number of carbonyl (C=O) groups is 2. The molecule has 2 atom stereocenters. The second-order valence-corrected chi connectivity index (χ2v) is 15.8. The number of pyridine rings is 2. The molecule has 2 amide bonds. The van der Waals surface area contributed by atoms with Gasteiger partial charge in [-0.15, -0.1) is 0 Å². The van der Waals surface area contributed by atoms with Gasteiger partial charge in [-0.05, 0) is 120 Å². The van der Waals surface area contributed by atoms with Gasteiger partial charge in [-0.25, -0.2) is 19.7 Å². The van der Waals surface area contributed by atoms with Crippen molar-refractivity contribution in [3.8, 4) is 28.3 Å². The minimum absolute atomic E-state index is 0.307. The number of nitrogens with one attached hydrogen (secondary N) is 1. The third-order valence-corrected chi connectivity index (χ3v) is 11.1. The number of rotatable bonds is 7. The minimum atomic E-state index is -0.579. The van der Waals surface area contributed by atoms with Crippen LogP contribution in [0.2, 0.25) is 0 Å². The molecule has 0 radical (unpaired) electrons. The number of fused-ring (bicyclic) bond motifs is 1. The summed E-state index contributed by atoms with van der Waals surface area (Å²) in [4.78, 5) is 44.5. The summed E-state index contributed by atoms with van der Waals surface area (Å²) in [6.07, 6.45) is 7.58. The predicted octanol–water partition coefficient (Wildman–Crippen LogP) is 7.62. The number of carbonyl (C=O) groups excluding carboxylic acids is 2. The summed E-state index contributed by atoms with van der Waals surface area (Å²) >= 11 is 0. The molecule has 2 aromatic carbocycles. The Labute approximate surface area is 310 Å². The van der Waals surface area contributed by atoms with E-state index < -0.39 is 17.2 Å². The monoisotopic (exact) mass is 712 g/mol. The Morgan fingerprint density at radius 3 is 2.43 bits per heavy atom. The molecule has 0 bridgehead atoms. The van der Waals surface area contributed by atoms with Gasteiger partial charge < -0.3 is 25.6 Å². The van der Waals surface area contributed by atoms with Crippen molar-refractivity contribution in [3.05, 3.63) is 84.6 Å². The van der Waals surface area contributed by atoms with Crippen molar-refractivity contribution in [2.45, 2.75) is 95.9 Å². The van der Waals surface area contributed by atoms with Crippen LogP contribution in [0.4, 0.5) is 16.3 Å². The highest BCUT2D eigenvalue weighted by molar-refractivity contribution is 5.85. The third kappa shape index (κ3) is 6.69. The van der Waals surface area contributed by atoms with Gasteiger partial charge in [0.05, 0.1) is 16.8 Å². The Morgan fingerprint density at radius 1 is 0.943 bits per heavy atom. The number of hydrogen-bond donors (Lipinski definition) is 2. The zero-order chi connectivity index (χ0) is 36.9. The fourth-order valence-electron chi connectivity index (χ4n) is 8.31. The molecule has 3 N–H and O–H groups in total. The van der Waals surface area contributed by atoms with E-state index in [0.717, 1.165) is 85.3 Å². The maximum Gasteiger partial charge on any atom is 0.408 e. The number of hydrogen-bond acceptors (Lipinski definition) is 8. The summed E-state index contributed by atoms with van der Waals surface area (Å²) in [5.74, 6) is 1.34. The van der Waals surface area contributed by atoms with E-state index in [1.807, 2.05) is 49.6 Å². The van der Waals surface area contributed by atoms with Crippen LogP contribution >= 0.6 is 0 Å². The number of anilines is 2. The number of likely N-dealkylation sites (tertiary alicyclic amines) is 1. The summed E-state index contributed by atoms with van der Waals surface area (Å²) in [7, 11) is 0. The van der Waals surface area contributed by atoms with Gasteiger partial charge in [0.2, 0.25) is 5.91 Å². The Kier molecular flexibility index (Phi) is 8.83. The van der Waals surface area contributed by atoms with E-state index in [2.05, 4.69) is 75.6 Å². The molecule has 5 heterocycles. The minimum Gasteiger partial charge on any atom is -0.444 e. The number of nitrogen functional groups attached to an aromatic ring is 1. The Balaban J connectivity index is 1.13. The van der Waals surface area contributed by atoms with Crippen molar-refractivity contribution in [2.24, 2.45) is 0 Å². The molecule has 3 aromatic heterocycles. The highest BCUT2D eigenvalue weighted by atomic mass is 16.6. The lowest BCUT2D eigenvalue weighted by Crippen LogP contribution is -2.52. The molecule has 1 saturated carbocycles. The number of amides is 2. The van der Waals surface area contributed by atoms with Gasteiger partial charge in [-0.1, -0.05) is 24.3 Å². The smallest absolute Gasteiger partial charge is 0.408 e. The molecular weight excluding hydrogens is 665 g/mol. The summed E-state index contributed by atoms with van der Waals surface area (Å²) in [5.41, 5.74) is 12.4. The van der Waals surface area contributed by atoms with E-state index in [1.165, 1.54) is 0 Å². The van der Waals surface area contributed by atoms with Gasteiger partial charge in [-0.2, -0.15) is 0 Å². The average Bonchev–Trinajstić information content (AvgIpc) is 3.72. The number of benzene rings is 2. The van der Waals surface area contributed by atoms with E-state index >= 15 is 0 Å². The van der Waals surface area contributed by atoms with Crippen LogP contribution in [-0.4, -0.2) is 67.2 Å². The number of imidazole rings is 1. The second kappa shape index (κ2) is 13.5. The molecule has 8 rings (SSSR count). The third-order valence-electron chi connectivity index (χ3n) is 11.1. The van der Waals surface area contributed by atoms with Crippen LogP contribution in [-0.2, 0) is 15.1 Å². The molecule has 3 fully saturated rings. The number of nitrogens with two attached hydrogens (primary N) is 1. The first-order valence-electron chi connectivity index (χ1n) is 18.9. The molecule has 1 aliphatic carbocycles. The molecule has 2 aliphatic heterocycles. The van der Waals surface area contributed by atoms with E-state index in [-0.39, 0.29) is 0 Å². The standard InChI is InChI=1S/C42H48N8O3/c1-27-25-32(49-23-7-12-36(49)51)19-24-48(27)31-10-5-9-28(26-31)34-17-18-35-39(45-34)50(38(46-35)33-11-6-22-44-37(33)43)30-15-13-29(14-16-30)42(20-8-21-42)47-40(52)53-41(2,3)4/h5-6,9-11,13-18,22,26-27,32H,7-8,12,19-21,23-25H2,1-4H3,(H2,43,44)(H,47,52). The summed E-state index contributed by atoms with van der Waals surface area (Å²) < 4.78 is 7.66. The van der Waals surface area contributed by atoms with Crippen molar-refractivity contribution < 1.29 is 14.3 Å². The maximum absolute atomic E-state index is 12.8. The highest BCUT2D eigenvalue weighted by Gasteiger charge is 2.41. The van der Waals surface area contributed by atoms with E-state index in [4.69, 9.17) is 20.4 Å². The molecule has 0 spiro atoms. The zero-order valence-corrected chi connectivity index (χ0v) is 31.0. The van der Waals surface area contributed by atoms with Crippen LogP contribution in [0.3, 0.4) is 0 Å². The topological polar surface area (TPSA) is 132 Å². The lowest BCUT2D eigenvalue weighted by atomic mass is 9.72. The molecule has 11 nitrogen and oxygen atoms in total. The first-order chi connectivity index (χ1) is 25.5. The lowest BCUT2D eigenvalue weighted by molar-refractivity contribution is -0.130. The Morgan fingerprint density at radius 2 is 1.75 bits per heavy atom. The zero-order valence-electron chi connectivity index (χ0n) is 31.0. The summed E-state index contributed by atoms with van der Waals surface area (Å²) in [6.45, 7) is 9.67. The van der Waals surface area contributed by atoms with Gasteiger partial charge in [0.1, 0.15) is 16.9 Å². The predicted molar refractivity (Wildman–Crippen MR) is 208 cm³/mol. The van der Waals surface area contributed by atoms with E-state index in [1.54, 1.807) is 6.20 Å². The SMILES string of the molecule is CC1CC(N2CCCC2=O)CCN1c1cccc(-c2ccc3nc(-c4cccnc4N)n(-c4ccc(C5(NC(=O)OC(C)(C)C)CCC5)cc4)c3n2)c1. The van der Waals surface area contributed by atoms with Crippen LogP contribution in [0.15, 0.2) is 79.0 Å². The van der Waals surface area contributed by atoms with Gasteiger partial charge in [0, 0.05) is 54.7 Å². The molecule has 2 unspecified atom stereocenters. The quantitative estimate of drug-likeness (QED) is 0.176. The molecule has 2 saturated heterocycles. The van der Waals surface area contributed by atoms with Crippen molar-refractivity contribution in [3.63, 3.8) is 0 Å². The Bertz CT molecular complexity index is 2170. The first-order valence-corrected chi connectivity index (χ1v) is 18.9. The van der Waals surface area contributed by atoms with Gasteiger partial charge in [0.25, 0.3) is 0 Å². The first kappa shape index (κ1) is 34.6.